The number of aliphatic hydroxyl groups is 1. The summed E-state index contributed by atoms with van der Waals surface area (Å²) < 4.78 is 0. The predicted octanol–water partition coefficient (Wildman–Crippen LogP) is 3.20. The number of rotatable bonds is 2. The molecule has 0 heterocycles. The Kier molecular flexibility index (Phi) is 2.59. The van der Waals surface area contributed by atoms with Gasteiger partial charge in [-0.25, -0.2) is 0 Å². The van der Waals surface area contributed by atoms with E-state index >= 15 is 0 Å². The van der Waals surface area contributed by atoms with E-state index in [0.717, 1.165) is 6.42 Å². The van der Waals surface area contributed by atoms with E-state index in [2.05, 4.69) is 45.0 Å². The van der Waals surface area contributed by atoms with Crippen molar-refractivity contribution in [2.75, 3.05) is 0 Å². The van der Waals surface area contributed by atoms with Crippen LogP contribution in [0.15, 0.2) is 30.3 Å². The molecular weight excluding hydrogens is 184 g/mol. The molecule has 3 unspecified atom stereocenters. The van der Waals surface area contributed by atoms with E-state index in [9.17, 15) is 5.11 Å². The summed E-state index contributed by atoms with van der Waals surface area (Å²) in [6.07, 6.45) is 0.963. The first kappa shape index (κ1) is 10.7. The summed E-state index contributed by atoms with van der Waals surface area (Å²) >= 11 is 0. The van der Waals surface area contributed by atoms with Gasteiger partial charge in [0.2, 0.25) is 0 Å². The zero-order valence-electron chi connectivity index (χ0n) is 9.77. The molecule has 1 aromatic rings. The van der Waals surface area contributed by atoms with Crippen molar-refractivity contribution in [1.82, 2.24) is 0 Å². The number of hydrogen-bond donors (Lipinski definition) is 1. The third-order valence-corrected chi connectivity index (χ3v) is 3.36. The summed E-state index contributed by atoms with van der Waals surface area (Å²) in [5, 5.41) is 10.2. The average Bonchev–Trinajstić information content (AvgIpc) is 2.96. The molecule has 1 aliphatic rings. The van der Waals surface area contributed by atoms with Crippen LogP contribution in [0.25, 0.3) is 0 Å². The lowest BCUT2D eigenvalue weighted by molar-refractivity contribution is 0.0423. The maximum atomic E-state index is 10.2. The Bertz CT molecular complexity index is 323. The zero-order valence-corrected chi connectivity index (χ0v) is 9.77. The number of hydrogen-bond acceptors (Lipinski definition) is 1. The Morgan fingerprint density at radius 1 is 1.20 bits per heavy atom. The van der Waals surface area contributed by atoms with Crippen LogP contribution in [0.2, 0.25) is 0 Å². The minimum absolute atomic E-state index is 0.00813. The van der Waals surface area contributed by atoms with Crippen LogP contribution < -0.4 is 0 Å². The lowest BCUT2D eigenvalue weighted by atomic mass is 9.85. The second-order valence-electron chi connectivity index (χ2n) is 5.73. The van der Waals surface area contributed by atoms with Gasteiger partial charge in [-0.1, -0.05) is 51.1 Å². The highest BCUT2D eigenvalue weighted by molar-refractivity contribution is 5.26. The monoisotopic (exact) mass is 204 g/mol. The fourth-order valence-electron chi connectivity index (χ4n) is 2.29. The quantitative estimate of drug-likeness (QED) is 0.784. The van der Waals surface area contributed by atoms with Gasteiger partial charge in [0.15, 0.2) is 0 Å². The van der Waals surface area contributed by atoms with Gasteiger partial charge in [-0.05, 0) is 29.2 Å². The molecular formula is C14H20O. The molecule has 1 N–H and O–H groups in total. The third-order valence-electron chi connectivity index (χ3n) is 3.36. The van der Waals surface area contributed by atoms with Gasteiger partial charge in [0, 0.05) is 0 Å². The van der Waals surface area contributed by atoms with Crippen molar-refractivity contribution in [2.24, 2.45) is 11.3 Å². The van der Waals surface area contributed by atoms with Crippen LogP contribution in [0.5, 0.6) is 0 Å². The van der Waals surface area contributed by atoms with Crippen molar-refractivity contribution < 1.29 is 5.11 Å². The molecule has 0 spiro atoms. The van der Waals surface area contributed by atoms with Crippen LogP contribution in [0.3, 0.4) is 0 Å². The van der Waals surface area contributed by atoms with Crippen molar-refractivity contribution in [3.63, 3.8) is 0 Å². The van der Waals surface area contributed by atoms with Crippen LogP contribution in [0.4, 0.5) is 0 Å². The topological polar surface area (TPSA) is 20.2 Å². The maximum absolute atomic E-state index is 10.2. The minimum Gasteiger partial charge on any atom is -0.392 e. The summed E-state index contributed by atoms with van der Waals surface area (Å²) in [5.74, 6) is 1.05. The molecule has 82 valence electrons. The van der Waals surface area contributed by atoms with Crippen LogP contribution >= 0.6 is 0 Å². The summed E-state index contributed by atoms with van der Waals surface area (Å²) in [4.78, 5) is 0. The van der Waals surface area contributed by atoms with Gasteiger partial charge in [-0.15, -0.1) is 0 Å². The highest BCUT2D eigenvalue weighted by Crippen LogP contribution is 2.52. The largest absolute Gasteiger partial charge is 0.392 e. The third kappa shape index (κ3) is 2.23. The average molecular weight is 204 g/mol. The molecule has 1 aliphatic carbocycles. The fourth-order valence-corrected chi connectivity index (χ4v) is 2.29. The van der Waals surface area contributed by atoms with E-state index in [1.54, 1.807) is 0 Å². The lowest BCUT2D eigenvalue weighted by Gasteiger charge is -2.26. The highest BCUT2D eigenvalue weighted by atomic mass is 16.3. The van der Waals surface area contributed by atoms with E-state index in [0.29, 0.717) is 11.8 Å². The SMILES string of the molecule is CC(C)(C)C(O)C1CC1c1ccccc1. The molecule has 0 radical (unpaired) electrons. The van der Waals surface area contributed by atoms with Gasteiger partial charge in [-0.2, -0.15) is 0 Å². The Morgan fingerprint density at radius 3 is 2.33 bits per heavy atom. The van der Waals surface area contributed by atoms with E-state index in [4.69, 9.17) is 0 Å². The molecule has 1 saturated carbocycles. The molecule has 3 atom stereocenters. The highest BCUT2D eigenvalue weighted by Gasteiger charge is 2.46. The Balaban J connectivity index is 2.03. The summed E-state index contributed by atoms with van der Waals surface area (Å²) in [7, 11) is 0. The Morgan fingerprint density at radius 2 is 1.80 bits per heavy atom. The van der Waals surface area contributed by atoms with Crippen molar-refractivity contribution in [1.29, 1.82) is 0 Å². The predicted molar refractivity (Wildman–Crippen MR) is 62.8 cm³/mol. The van der Waals surface area contributed by atoms with Crippen molar-refractivity contribution in [3.8, 4) is 0 Å². The normalized spacial score (nSPS) is 27.5. The van der Waals surface area contributed by atoms with E-state index in [1.165, 1.54) is 5.56 Å². The second-order valence-corrected chi connectivity index (χ2v) is 5.73. The van der Waals surface area contributed by atoms with Crippen LogP contribution in [0.1, 0.15) is 38.7 Å². The standard InChI is InChI=1S/C14H20O/c1-14(2,3)13(15)12-9-11(12)10-7-5-4-6-8-10/h4-8,11-13,15H,9H2,1-3H3. The van der Waals surface area contributed by atoms with E-state index in [-0.39, 0.29) is 11.5 Å². The Hall–Kier alpha value is -0.820. The fraction of sp³-hybridized carbons (Fsp3) is 0.571. The van der Waals surface area contributed by atoms with Crippen molar-refractivity contribution >= 4 is 0 Å². The zero-order chi connectivity index (χ0) is 11.1. The second kappa shape index (κ2) is 3.64. The molecule has 1 heteroatoms. The molecule has 1 nitrogen and oxygen atoms in total. The van der Waals surface area contributed by atoms with Gasteiger partial charge < -0.3 is 5.11 Å². The number of benzene rings is 1. The maximum Gasteiger partial charge on any atom is 0.0622 e. The molecule has 0 aliphatic heterocycles. The molecule has 2 rings (SSSR count). The Labute approximate surface area is 92.1 Å². The van der Waals surface area contributed by atoms with Gasteiger partial charge in [0.05, 0.1) is 6.10 Å². The van der Waals surface area contributed by atoms with Crippen molar-refractivity contribution in [2.45, 2.75) is 39.2 Å². The van der Waals surface area contributed by atoms with Crippen LogP contribution in [0, 0.1) is 11.3 Å². The van der Waals surface area contributed by atoms with Gasteiger partial charge in [0.25, 0.3) is 0 Å². The first-order chi connectivity index (χ1) is 7.00. The molecule has 15 heavy (non-hydrogen) atoms. The summed E-state index contributed by atoms with van der Waals surface area (Å²) in [5.41, 5.74) is 1.39. The van der Waals surface area contributed by atoms with Crippen molar-refractivity contribution in [3.05, 3.63) is 35.9 Å². The molecule has 1 fully saturated rings. The van der Waals surface area contributed by atoms with E-state index < -0.39 is 0 Å². The van der Waals surface area contributed by atoms with E-state index in [1.807, 2.05) is 6.07 Å². The molecule has 0 saturated heterocycles. The molecule has 1 aromatic carbocycles. The number of aliphatic hydroxyl groups excluding tert-OH is 1. The first-order valence-electron chi connectivity index (χ1n) is 5.73. The van der Waals surface area contributed by atoms with Gasteiger partial charge in [0.1, 0.15) is 0 Å². The smallest absolute Gasteiger partial charge is 0.0622 e. The van der Waals surface area contributed by atoms with Gasteiger partial charge >= 0.3 is 0 Å². The van der Waals surface area contributed by atoms with Crippen LogP contribution in [-0.2, 0) is 0 Å². The minimum atomic E-state index is -0.178. The van der Waals surface area contributed by atoms with Crippen LogP contribution in [-0.4, -0.2) is 11.2 Å². The first-order valence-corrected chi connectivity index (χ1v) is 5.73. The summed E-state index contributed by atoms with van der Waals surface area (Å²) in [6, 6.07) is 10.5. The molecule has 0 aromatic heterocycles. The lowest BCUT2D eigenvalue weighted by Crippen LogP contribution is -2.28. The van der Waals surface area contributed by atoms with Gasteiger partial charge in [-0.3, -0.25) is 0 Å². The summed E-state index contributed by atoms with van der Waals surface area (Å²) in [6.45, 7) is 6.33. The molecule has 0 bridgehead atoms. The molecule has 0 amide bonds.